The maximum absolute atomic E-state index is 13.3. The number of rotatable bonds is 19. The second-order valence-corrected chi connectivity index (χ2v) is 16.1. The Morgan fingerprint density at radius 1 is 0.656 bits per heavy atom. The van der Waals surface area contributed by atoms with Gasteiger partial charge in [0.25, 0.3) is 5.91 Å². The first kappa shape index (κ1) is 44.4. The van der Waals surface area contributed by atoms with Crippen LogP contribution in [0.5, 0.6) is 17.2 Å². The smallest absolute Gasteiger partial charge is 0.251 e. The number of azo groups is 1. The minimum Gasteiger partial charge on any atom is -0.497 e. The quantitative estimate of drug-likeness (QED) is 0.0501. The van der Waals surface area contributed by atoms with Crippen LogP contribution in [0.3, 0.4) is 0 Å². The third-order valence-electron chi connectivity index (χ3n) is 11.6. The zero-order valence-corrected chi connectivity index (χ0v) is 36.4. The van der Waals surface area contributed by atoms with Crippen molar-refractivity contribution in [1.29, 1.82) is 0 Å². The third-order valence-corrected chi connectivity index (χ3v) is 11.6. The van der Waals surface area contributed by atoms with E-state index in [-0.39, 0.29) is 17.2 Å². The number of benzene rings is 5. The largest absolute Gasteiger partial charge is 0.497 e. The third kappa shape index (κ3) is 11.3. The molecule has 61 heavy (non-hydrogen) atoms. The molecule has 1 aliphatic rings. The Morgan fingerprint density at radius 3 is 1.56 bits per heavy atom. The number of unbranched alkanes of at least 4 members (excludes halogenated alkanes) is 2. The molecule has 0 atom stereocenters. The number of carbonyl (C=O) groups excluding carboxylic acids is 2. The van der Waals surface area contributed by atoms with Crippen molar-refractivity contribution in [2.24, 2.45) is 15.6 Å². The molecule has 2 amide bonds. The minimum atomic E-state index is -0.947. The Morgan fingerprint density at radius 2 is 1.11 bits per heavy atom. The number of likely N-dealkylation sites (tertiary alicyclic amines) is 1. The van der Waals surface area contributed by atoms with Crippen molar-refractivity contribution >= 4 is 28.9 Å². The second-order valence-electron chi connectivity index (χ2n) is 16.1. The Labute approximate surface area is 360 Å². The molecule has 6 rings (SSSR count). The van der Waals surface area contributed by atoms with Gasteiger partial charge in [0.15, 0.2) is 0 Å². The molecular weight excluding hydrogens is 767 g/mol. The van der Waals surface area contributed by atoms with Crippen molar-refractivity contribution in [1.82, 2.24) is 10.2 Å². The Bertz CT molecular complexity index is 2070. The summed E-state index contributed by atoms with van der Waals surface area (Å²) in [6.45, 7) is 4.64. The molecular formula is C50H59N5O6. The van der Waals surface area contributed by atoms with Crippen LogP contribution in [0.15, 0.2) is 132 Å². The molecule has 1 fully saturated rings. The van der Waals surface area contributed by atoms with E-state index in [4.69, 9.17) is 18.9 Å². The summed E-state index contributed by atoms with van der Waals surface area (Å²) in [5.74, 6) is 2.34. The van der Waals surface area contributed by atoms with E-state index in [1.165, 1.54) is 0 Å². The van der Waals surface area contributed by atoms with Crippen molar-refractivity contribution in [2.75, 3.05) is 66.6 Å². The van der Waals surface area contributed by atoms with Crippen molar-refractivity contribution in [2.45, 2.75) is 51.0 Å². The van der Waals surface area contributed by atoms with Crippen LogP contribution in [0.25, 0.3) is 0 Å². The number of nitrogens with one attached hydrogen (secondary N) is 1. The van der Waals surface area contributed by atoms with Crippen molar-refractivity contribution in [3.8, 4) is 17.2 Å². The Balaban J connectivity index is 0.983. The topological polar surface area (TPSA) is 114 Å². The number of nitrogens with zero attached hydrogens (tertiary/aromatic N) is 4. The van der Waals surface area contributed by atoms with Gasteiger partial charge in [0.1, 0.15) is 22.8 Å². The standard InChI is InChI=1S/C50H59N5O6/c1-49(36-61-50(38-13-25-44(58-4)26-14-38,39-15-27-45(59-5)28-16-39)40-17-29-46(60-6)30-18-40)31-34-55(35-32-49)47(56)10-8-7-9-33-51-48(57)37-11-19-41(20-12-37)52-53-42-21-23-43(24-22-42)54(2)3/h11-30H,7-10,31-36H2,1-6H3,(H,51,57). The van der Waals surface area contributed by atoms with Gasteiger partial charge in [-0.15, -0.1) is 0 Å². The van der Waals surface area contributed by atoms with Gasteiger partial charge in [-0.3, -0.25) is 9.59 Å². The van der Waals surface area contributed by atoms with E-state index in [1.54, 1.807) is 45.6 Å². The summed E-state index contributed by atoms with van der Waals surface area (Å²) in [7, 11) is 8.97. The number of amides is 2. The lowest BCUT2D eigenvalue weighted by atomic mass is 9.78. The lowest BCUT2D eigenvalue weighted by Gasteiger charge is -2.43. The highest BCUT2D eigenvalue weighted by molar-refractivity contribution is 5.94. The molecule has 0 aromatic heterocycles. The van der Waals surface area contributed by atoms with Gasteiger partial charge in [0.2, 0.25) is 5.91 Å². The van der Waals surface area contributed by atoms with Crippen molar-refractivity contribution < 1.29 is 28.5 Å². The van der Waals surface area contributed by atoms with Crippen LogP contribution in [-0.4, -0.2) is 78.4 Å². The van der Waals surface area contributed by atoms with Gasteiger partial charge >= 0.3 is 0 Å². The normalized spacial score (nSPS) is 13.8. The number of hydrogen-bond acceptors (Lipinski definition) is 9. The average Bonchev–Trinajstić information content (AvgIpc) is 3.30. The first-order valence-corrected chi connectivity index (χ1v) is 21.0. The molecule has 0 spiro atoms. The summed E-state index contributed by atoms with van der Waals surface area (Å²) in [5.41, 5.74) is 4.89. The molecule has 0 bridgehead atoms. The number of piperidine rings is 1. The highest BCUT2D eigenvalue weighted by Crippen LogP contribution is 2.44. The summed E-state index contributed by atoms with van der Waals surface area (Å²) < 4.78 is 23.8. The zero-order chi connectivity index (χ0) is 43.2. The maximum Gasteiger partial charge on any atom is 0.251 e. The van der Waals surface area contributed by atoms with Crippen LogP contribution >= 0.6 is 0 Å². The predicted octanol–water partition coefficient (Wildman–Crippen LogP) is 10.1. The van der Waals surface area contributed by atoms with Crippen LogP contribution < -0.4 is 24.4 Å². The molecule has 5 aromatic rings. The van der Waals surface area contributed by atoms with Gasteiger partial charge in [-0.2, -0.15) is 10.2 Å². The fraction of sp³-hybridized carbons (Fsp3) is 0.360. The van der Waals surface area contributed by atoms with E-state index in [9.17, 15) is 9.59 Å². The summed E-state index contributed by atoms with van der Waals surface area (Å²) in [6, 6.07) is 39.1. The highest BCUT2D eigenvalue weighted by atomic mass is 16.5. The maximum atomic E-state index is 13.3. The van der Waals surface area contributed by atoms with Gasteiger partial charge < -0.3 is 34.1 Å². The molecule has 11 heteroatoms. The Hall–Kier alpha value is -6.20. The molecule has 5 aromatic carbocycles. The lowest BCUT2D eigenvalue weighted by Crippen LogP contribution is -2.45. The number of ether oxygens (including phenoxy) is 4. The van der Waals surface area contributed by atoms with Crippen LogP contribution in [0.4, 0.5) is 17.1 Å². The summed E-state index contributed by atoms with van der Waals surface area (Å²) in [6.07, 6.45) is 4.56. The molecule has 1 N–H and O–H groups in total. The van der Waals surface area contributed by atoms with Crippen LogP contribution in [-0.2, 0) is 15.1 Å². The molecule has 1 heterocycles. The molecule has 0 aliphatic carbocycles. The number of anilines is 1. The molecule has 1 aliphatic heterocycles. The molecule has 1 saturated heterocycles. The molecule has 0 unspecified atom stereocenters. The predicted molar refractivity (Wildman–Crippen MR) is 241 cm³/mol. The van der Waals surface area contributed by atoms with E-state index in [2.05, 4.69) is 58.9 Å². The Kier molecular flexibility index (Phi) is 15.2. The van der Waals surface area contributed by atoms with Gasteiger partial charge in [0, 0.05) is 51.4 Å². The van der Waals surface area contributed by atoms with Crippen molar-refractivity contribution in [3.63, 3.8) is 0 Å². The minimum absolute atomic E-state index is 0.131. The van der Waals surface area contributed by atoms with Crippen molar-refractivity contribution in [3.05, 3.63) is 144 Å². The van der Waals surface area contributed by atoms with Crippen LogP contribution in [0.2, 0.25) is 0 Å². The van der Waals surface area contributed by atoms with E-state index in [0.29, 0.717) is 43.9 Å². The fourth-order valence-electron chi connectivity index (χ4n) is 7.60. The van der Waals surface area contributed by atoms with E-state index in [1.807, 2.05) is 84.6 Å². The molecule has 0 saturated carbocycles. The average molecular weight is 826 g/mol. The van der Waals surface area contributed by atoms with Gasteiger partial charge in [0.05, 0.1) is 39.3 Å². The van der Waals surface area contributed by atoms with E-state index >= 15 is 0 Å². The van der Waals surface area contributed by atoms with E-state index in [0.717, 1.165) is 77.4 Å². The number of carbonyl (C=O) groups is 2. The first-order chi connectivity index (χ1) is 29.6. The summed E-state index contributed by atoms with van der Waals surface area (Å²) in [4.78, 5) is 30.1. The second kappa shape index (κ2) is 20.9. The number of hydrogen-bond donors (Lipinski definition) is 1. The van der Waals surface area contributed by atoms with Gasteiger partial charge in [-0.25, -0.2) is 0 Å². The summed E-state index contributed by atoms with van der Waals surface area (Å²) in [5, 5.41) is 11.6. The zero-order valence-electron chi connectivity index (χ0n) is 36.4. The van der Waals surface area contributed by atoms with Crippen LogP contribution in [0.1, 0.15) is 72.5 Å². The van der Waals surface area contributed by atoms with Gasteiger partial charge in [-0.1, -0.05) is 49.7 Å². The molecule has 11 nitrogen and oxygen atoms in total. The SMILES string of the molecule is COc1ccc(C(OCC2(C)CCN(C(=O)CCCCCNC(=O)c3ccc(N=Nc4ccc(N(C)C)cc4)cc3)CC2)(c2ccc(OC)cc2)c2ccc(OC)cc2)cc1. The molecule has 320 valence electrons. The van der Waals surface area contributed by atoms with Crippen LogP contribution in [0, 0.1) is 5.41 Å². The van der Waals surface area contributed by atoms with Gasteiger partial charge in [-0.05, 0) is 133 Å². The molecule has 0 radical (unpaired) electrons. The fourth-order valence-corrected chi connectivity index (χ4v) is 7.60. The first-order valence-electron chi connectivity index (χ1n) is 21.0. The summed E-state index contributed by atoms with van der Waals surface area (Å²) >= 11 is 0. The monoisotopic (exact) mass is 825 g/mol. The number of methoxy groups -OCH3 is 3. The van der Waals surface area contributed by atoms with E-state index < -0.39 is 5.60 Å². The lowest BCUT2D eigenvalue weighted by molar-refractivity contribution is -0.135. The highest BCUT2D eigenvalue weighted by Gasteiger charge is 2.41.